The van der Waals surface area contributed by atoms with Crippen LogP contribution in [0.25, 0.3) is 0 Å². The molecule has 23 heavy (non-hydrogen) atoms. The van der Waals surface area contributed by atoms with Crippen molar-refractivity contribution in [3.05, 3.63) is 12.4 Å². The quantitative estimate of drug-likeness (QED) is 0.347. The van der Waals surface area contributed by atoms with Crippen LogP contribution in [-0.4, -0.2) is 79.8 Å². The molecule has 2 saturated heterocycles. The van der Waals surface area contributed by atoms with Gasteiger partial charge in [-0.2, -0.15) is 0 Å². The Morgan fingerprint density at radius 2 is 2.09 bits per heavy atom. The standard InChI is InChI=1S/C14H20BN5O3/c1-10(21)22-3-2-19-8-13(9-19)23-18-12-6-20(7-12)14-16-4-11(15)5-17-14/h4-5,13H,2-3,6-9,15H2,1H3. The van der Waals surface area contributed by atoms with Crippen molar-refractivity contribution in [3.8, 4) is 0 Å². The number of nitrogens with zero attached hydrogens (tertiary/aromatic N) is 5. The summed E-state index contributed by atoms with van der Waals surface area (Å²) in [4.78, 5) is 29.0. The molecule has 0 spiro atoms. The van der Waals surface area contributed by atoms with Crippen molar-refractivity contribution in [1.82, 2.24) is 14.9 Å². The van der Waals surface area contributed by atoms with E-state index in [1.54, 1.807) is 0 Å². The lowest BCUT2D eigenvalue weighted by Gasteiger charge is -2.38. The highest BCUT2D eigenvalue weighted by molar-refractivity contribution is 6.31. The van der Waals surface area contributed by atoms with E-state index in [0.29, 0.717) is 19.7 Å². The van der Waals surface area contributed by atoms with Gasteiger partial charge in [-0.1, -0.05) is 10.6 Å². The lowest BCUT2D eigenvalue weighted by Crippen LogP contribution is -2.53. The molecule has 2 aliphatic rings. The van der Waals surface area contributed by atoms with E-state index in [4.69, 9.17) is 9.57 Å². The molecule has 1 aromatic rings. The Bertz CT molecular complexity index is 581. The minimum absolute atomic E-state index is 0.129. The topological polar surface area (TPSA) is 80.1 Å². The minimum Gasteiger partial charge on any atom is -0.465 e. The minimum atomic E-state index is -0.239. The Balaban J connectivity index is 1.31. The number of oxime groups is 1. The summed E-state index contributed by atoms with van der Waals surface area (Å²) >= 11 is 0. The molecule has 0 aromatic carbocycles. The molecule has 3 rings (SSSR count). The second-order valence-electron chi connectivity index (χ2n) is 5.90. The number of rotatable bonds is 6. The van der Waals surface area contributed by atoms with Gasteiger partial charge in [-0.3, -0.25) is 9.69 Å². The number of anilines is 1. The predicted molar refractivity (Wildman–Crippen MR) is 87.8 cm³/mol. The first kappa shape index (κ1) is 15.7. The van der Waals surface area contributed by atoms with Crippen LogP contribution in [0.5, 0.6) is 0 Å². The summed E-state index contributed by atoms with van der Waals surface area (Å²) < 4.78 is 4.90. The molecule has 8 nitrogen and oxygen atoms in total. The van der Waals surface area contributed by atoms with Crippen molar-refractivity contribution >= 4 is 30.9 Å². The summed E-state index contributed by atoms with van der Waals surface area (Å²) in [5, 5.41) is 4.20. The van der Waals surface area contributed by atoms with Crippen LogP contribution in [0.1, 0.15) is 6.92 Å². The van der Waals surface area contributed by atoms with Gasteiger partial charge in [0, 0.05) is 39.0 Å². The van der Waals surface area contributed by atoms with E-state index in [2.05, 4.69) is 20.0 Å². The Morgan fingerprint density at radius 1 is 1.39 bits per heavy atom. The van der Waals surface area contributed by atoms with Crippen molar-refractivity contribution in [2.45, 2.75) is 13.0 Å². The number of carbonyl (C=O) groups excluding carboxylic acids is 1. The normalized spacial score (nSPS) is 18.1. The van der Waals surface area contributed by atoms with Gasteiger partial charge in [0.25, 0.3) is 0 Å². The molecule has 0 bridgehead atoms. The van der Waals surface area contributed by atoms with Crippen molar-refractivity contribution in [3.63, 3.8) is 0 Å². The summed E-state index contributed by atoms with van der Waals surface area (Å²) in [5.41, 5.74) is 2.06. The van der Waals surface area contributed by atoms with E-state index in [1.807, 2.05) is 25.1 Å². The maximum absolute atomic E-state index is 10.7. The number of ether oxygens (including phenoxy) is 1. The van der Waals surface area contributed by atoms with Crippen molar-refractivity contribution in [2.24, 2.45) is 5.16 Å². The van der Waals surface area contributed by atoms with E-state index in [-0.39, 0.29) is 12.1 Å². The number of hydrogen-bond acceptors (Lipinski definition) is 8. The Kier molecular flexibility index (Phi) is 4.75. The first-order valence-corrected chi connectivity index (χ1v) is 7.71. The number of esters is 1. The molecule has 2 fully saturated rings. The summed E-state index contributed by atoms with van der Waals surface area (Å²) in [6.07, 6.45) is 3.75. The second kappa shape index (κ2) is 6.95. The SMILES string of the molecule is Bc1cnc(N2CC(=NOC3CN(CCOC(C)=O)C3)C2)nc1. The van der Waals surface area contributed by atoms with Crippen LogP contribution >= 0.6 is 0 Å². The van der Waals surface area contributed by atoms with Gasteiger partial charge in [0.05, 0.1) is 18.8 Å². The third kappa shape index (κ3) is 4.19. The summed E-state index contributed by atoms with van der Waals surface area (Å²) in [6.45, 7) is 5.67. The Hall–Kier alpha value is -2.16. The fourth-order valence-corrected chi connectivity index (χ4v) is 2.38. The highest BCUT2D eigenvalue weighted by atomic mass is 16.6. The van der Waals surface area contributed by atoms with Gasteiger partial charge in [0.1, 0.15) is 14.5 Å². The molecule has 122 valence electrons. The molecule has 0 N–H and O–H groups in total. The first-order chi connectivity index (χ1) is 11.1. The average Bonchev–Trinajstić information content (AvgIpc) is 2.43. The van der Waals surface area contributed by atoms with E-state index < -0.39 is 0 Å². The zero-order valence-corrected chi connectivity index (χ0v) is 13.4. The first-order valence-electron chi connectivity index (χ1n) is 7.71. The molecule has 1 aromatic heterocycles. The molecule has 0 unspecified atom stereocenters. The molecule has 0 aliphatic carbocycles. The third-order valence-corrected chi connectivity index (χ3v) is 3.76. The van der Waals surface area contributed by atoms with Crippen LogP contribution in [0, 0.1) is 0 Å². The molecular formula is C14H20BN5O3. The smallest absolute Gasteiger partial charge is 0.302 e. The maximum Gasteiger partial charge on any atom is 0.302 e. The Labute approximate surface area is 135 Å². The number of carbonyl (C=O) groups is 1. The van der Waals surface area contributed by atoms with Gasteiger partial charge in [-0.05, 0) is 0 Å². The van der Waals surface area contributed by atoms with Crippen LogP contribution in [0.4, 0.5) is 5.95 Å². The lowest BCUT2D eigenvalue weighted by molar-refractivity contribution is -0.142. The van der Waals surface area contributed by atoms with Gasteiger partial charge in [-0.25, -0.2) is 9.97 Å². The van der Waals surface area contributed by atoms with Gasteiger partial charge >= 0.3 is 5.97 Å². The van der Waals surface area contributed by atoms with E-state index in [1.165, 1.54) is 6.92 Å². The number of hydrogen-bond donors (Lipinski definition) is 0. The molecule has 2 aliphatic heterocycles. The zero-order chi connectivity index (χ0) is 16.2. The lowest BCUT2D eigenvalue weighted by atomic mass is 10.0. The predicted octanol–water partition coefficient (Wildman–Crippen LogP) is -1.83. The summed E-state index contributed by atoms with van der Waals surface area (Å²) in [6, 6.07) is 0. The fourth-order valence-electron chi connectivity index (χ4n) is 2.38. The zero-order valence-electron chi connectivity index (χ0n) is 13.4. The largest absolute Gasteiger partial charge is 0.465 e. The molecule has 9 heteroatoms. The van der Waals surface area contributed by atoms with E-state index >= 15 is 0 Å². The maximum atomic E-state index is 10.7. The number of aromatic nitrogens is 2. The van der Waals surface area contributed by atoms with E-state index in [0.717, 1.165) is 36.8 Å². The monoisotopic (exact) mass is 317 g/mol. The van der Waals surface area contributed by atoms with Gasteiger partial charge in [0.15, 0.2) is 6.10 Å². The molecular weight excluding hydrogens is 297 g/mol. The van der Waals surface area contributed by atoms with Crippen LogP contribution < -0.4 is 10.4 Å². The van der Waals surface area contributed by atoms with Crippen molar-refractivity contribution < 1.29 is 14.4 Å². The number of likely N-dealkylation sites (tertiary alicyclic amines) is 1. The third-order valence-electron chi connectivity index (χ3n) is 3.76. The van der Waals surface area contributed by atoms with Crippen molar-refractivity contribution in [2.75, 3.05) is 44.2 Å². The summed E-state index contributed by atoms with van der Waals surface area (Å²) in [5.74, 6) is 0.492. The average molecular weight is 317 g/mol. The van der Waals surface area contributed by atoms with Crippen molar-refractivity contribution in [1.29, 1.82) is 0 Å². The Morgan fingerprint density at radius 3 is 2.74 bits per heavy atom. The molecule has 0 saturated carbocycles. The van der Waals surface area contributed by atoms with Crippen LogP contribution in [0.3, 0.4) is 0 Å². The van der Waals surface area contributed by atoms with Gasteiger partial charge in [0.2, 0.25) is 5.95 Å². The highest BCUT2D eigenvalue weighted by Gasteiger charge is 2.30. The van der Waals surface area contributed by atoms with E-state index in [9.17, 15) is 4.79 Å². The van der Waals surface area contributed by atoms with Crippen LogP contribution in [-0.2, 0) is 14.4 Å². The van der Waals surface area contributed by atoms with Crippen LogP contribution in [0.2, 0.25) is 0 Å². The van der Waals surface area contributed by atoms with Gasteiger partial charge < -0.3 is 14.5 Å². The molecule has 0 radical (unpaired) electrons. The van der Waals surface area contributed by atoms with Gasteiger partial charge in [-0.15, -0.1) is 0 Å². The molecule has 0 amide bonds. The van der Waals surface area contributed by atoms with Crippen LogP contribution in [0.15, 0.2) is 17.5 Å². The fraction of sp³-hybridized carbons (Fsp3) is 0.571. The molecule has 0 atom stereocenters. The molecule has 3 heterocycles. The highest BCUT2D eigenvalue weighted by Crippen LogP contribution is 2.15. The summed E-state index contributed by atoms with van der Waals surface area (Å²) in [7, 11) is 1.97. The second-order valence-corrected chi connectivity index (χ2v) is 5.90.